The Kier molecular flexibility index (Phi) is 7.90. The lowest BCUT2D eigenvalue weighted by Crippen LogP contribution is -2.29. The number of nitrogens with zero attached hydrogens (tertiary/aromatic N) is 1. The highest BCUT2D eigenvalue weighted by atomic mass is 32.2. The number of amides is 1. The van der Waals surface area contributed by atoms with E-state index in [1.807, 2.05) is 32.0 Å². The highest BCUT2D eigenvalue weighted by Gasteiger charge is 2.16. The van der Waals surface area contributed by atoms with Crippen LogP contribution in [-0.4, -0.2) is 40.3 Å². The van der Waals surface area contributed by atoms with Crippen LogP contribution in [-0.2, 0) is 16.6 Å². The second-order valence-electron chi connectivity index (χ2n) is 6.30. The van der Waals surface area contributed by atoms with Crippen LogP contribution in [0, 0.1) is 0 Å². The number of carbonyl (C=O) groups excluding carboxylic acids is 1. The van der Waals surface area contributed by atoms with Gasteiger partial charge in [-0.3, -0.25) is 9.10 Å². The first kappa shape index (κ1) is 22.5. The Morgan fingerprint density at radius 3 is 2.14 bits per heavy atom. The summed E-state index contributed by atoms with van der Waals surface area (Å²) < 4.78 is 36.0. The van der Waals surface area contributed by atoms with Gasteiger partial charge in [-0.25, -0.2) is 8.42 Å². The molecular weight excluding hydrogens is 392 g/mol. The number of nitrogens with one attached hydrogen (secondary N) is 1. The maximum atomic E-state index is 12.4. The fourth-order valence-corrected chi connectivity index (χ4v) is 3.85. The molecule has 1 amide bonds. The maximum absolute atomic E-state index is 12.4. The van der Waals surface area contributed by atoms with E-state index in [4.69, 9.17) is 9.47 Å². The largest absolute Gasteiger partial charge is 0.490 e. The number of hydrogen-bond acceptors (Lipinski definition) is 5. The first-order chi connectivity index (χ1) is 13.8. The predicted molar refractivity (Wildman–Crippen MR) is 114 cm³/mol. The van der Waals surface area contributed by atoms with E-state index in [1.54, 1.807) is 31.2 Å². The third kappa shape index (κ3) is 6.12. The van der Waals surface area contributed by atoms with Gasteiger partial charge in [-0.05, 0) is 62.7 Å². The van der Waals surface area contributed by atoms with Crippen molar-refractivity contribution in [3.05, 3.63) is 53.6 Å². The van der Waals surface area contributed by atoms with E-state index in [1.165, 1.54) is 4.31 Å². The maximum Gasteiger partial charge on any atom is 0.251 e. The second-order valence-corrected chi connectivity index (χ2v) is 8.21. The summed E-state index contributed by atoms with van der Waals surface area (Å²) in [5.41, 5.74) is 1.87. The van der Waals surface area contributed by atoms with Crippen LogP contribution in [0.25, 0.3) is 0 Å². The molecule has 158 valence electrons. The van der Waals surface area contributed by atoms with Gasteiger partial charge in [0.2, 0.25) is 10.0 Å². The summed E-state index contributed by atoms with van der Waals surface area (Å²) in [6, 6.07) is 12.0. The van der Waals surface area contributed by atoms with Gasteiger partial charge in [0.05, 0.1) is 25.2 Å². The van der Waals surface area contributed by atoms with Crippen molar-refractivity contribution >= 4 is 21.6 Å². The van der Waals surface area contributed by atoms with Crippen LogP contribution in [0.5, 0.6) is 11.5 Å². The van der Waals surface area contributed by atoms with E-state index in [-0.39, 0.29) is 5.91 Å². The Hall–Kier alpha value is -2.74. The van der Waals surface area contributed by atoms with Gasteiger partial charge in [0, 0.05) is 18.7 Å². The molecule has 2 aromatic carbocycles. The number of hydrogen-bond donors (Lipinski definition) is 1. The average molecular weight is 421 g/mol. The molecule has 0 aromatic heterocycles. The lowest BCUT2D eigenvalue weighted by molar-refractivity contribution is 0.0951. The zero-order chi connectivity index (χ0) is 21.4. The van der Waals surface area contributed by atoms with Crippen molar-refractivity contribution in [2.45, 2.75) is 27.3 Å². The van der Waals surface area contributed by atoms with Crippen LogP contribution in [0.15, 0.2) is 42.5 Å². The molecule has 7 nitrogen and oxygen atoms in total. The summed E-state index contributed by atoms with van der Waals surface area (Å²) >= 11 is 0. The third-order valence-corrected chi connectivity index (χ3v) is 5.44. The second kappa shape index (κ2) is 10.2. The van der Waals surface area contributed by atoms with Gasteiger partial charge in [-0.15, -0.1) is 0 Å². The van der Waals surface area contributed by atoms with Gasteiger partial charge in [0.15, 0.2) is 11.5 Å². The lowest BCUT2D eigenvalue weighted by atomic mass is 10.1. The van der Waals surface area contributed by atoms with Gasteiger partial charge in [0.25, 0.3) is 5.91 Å². The molecule has 0 unspecified atom stereocenters. The molecule has 2 rings (SSSR count). The predicted octanol–water partition coefficient (Wildman–Crippen LogP) is 3.20. The fraction of sp³-hybridized carbons (Fsp3) is 0.381. The standard InChI is InChI=1S/C21H28N2O5S/c1-5-23(29(4,25)26)18-11-9-17(10-12-18)21(24)22-15-16-8-13-19(27-6-2)20(14-16)28-7-3/h8-14H,5-7,15H2,1-4H3,(H,22,24). The van der Waals surface area contributed by atoms with E-state index in [2.05, 4.69) is 5.32 Å². The van der Waals surface area contributed by atoms with Gasteiger partial charge in [0.1, 0.15) is 0 Å². The molecule has 8 heteroatoms. The van der Waals surface area contributed by atoms with E-state index in [0.29, 0.717) is 49.1 Å². The van der Waals surface area contributed by atoms with E-state index in [9.17, 15) is 13.2 Å². The van der Waals surface area contributed by atoms with Gasteiger partial charge in [-0.2, -0.15) is 0 Å². The fourth-order valence-electron chi connectivity index (χ4n) is 2.88. The monoisotopic (exact) mass is 420 g/mol. The molecule has 0 saturated heterocycles. The summed E-state index contributed by atoms with van der Waals surface area (Å²) in [4.78, 5) is 12.4. The number of carbonyl (C=O) groups is 1. The zero-order valence-electron chi connectivity index (χ0n) is 17.3. The van der Waals surface area contributed by atoms with Crippen molar-refractivity contribution in [1.29, 1.82) is 0 Å². The molecule has 29 heavy (non-hydrogen) atoms. The highest BCUT2D eigenvalue weighted by Crippen LogP contribution is 2.28. The molecule has 0 fully saturated rings. The molecule has 0 saturated carbocycles. The zero-order valence-corrected chi connectivity index (χ0v) is 18.1. The quantitative estimate of drug-likeness (QED) is 0.638. The molecule has 2 aromatic rings. The molecule has 0 radical (unpaired) electrons. The summed E-state index contributed by atoms with van der Waals surface area (Å²) in [6.07, 6.45) is 1.16. The van der Waals surface area contributed by atoms with Crippen LogP contribution in [0.3, 0.4) is 0 Å². The lowest BCUT2D eigenvalue weighted by Gasteiger charge is -2.20. The van der Waals surface area contributed by atoms with Crippen molar-refractivity contribution in [1.82, 2.24) is 5.32 Å². The SMILES string of the molecule is CCOc1ccc(CNC(=O)c2ccc(N(CC)S(C)(=O)=O)cc2)cc1OCC. The van der Waals surface area contributed by atoms with Crippen molar-refractivity contribution in [2.75, 3.05) is 30.3 Å². The Bertz CT molecular complexity index is 927. The van der Waals surface area contributed by atoms with Crippen LogP contribution in [0.1, 0.15) is 36.7 Å². The first-order valence-corrected chi connectivity index (χ1v) is 11.4. The van der Waals surface area contributed by atoms with Crippen molar-refractivity contribution < 1.29 is 22.7 Å². The van der Waals surface area contributed by atoms with Gasteiger partial charge in [-0.1, -0.05) is 6.07 Å². The third-order valence-electron chi connectivity index (χ3n) is 4.17. The molecule has 0 aliphatic heterocycles. The Morgan fingerprint density at radius 1 is 0.966 bits per heavy atom. The Balaban J connectivity index is 2.06. The Labute approximate surface area is 172 Å². The average Bonchev–Trinajstić information content (AvgIpc) is 2.68. The highest BCUT2D eigenvalue weighted by molar-refractivity contribution is 7.92. The smallest absolute Gasteiger partial charge is 0.251 e. The minimum absolute atomic E-state index is 0.245. The number of ether oxygens (including phenoxy) is 2. The number of sulfonamides is 1. The molecule has 0 bridgehead atoms. The van der Waals surface area contributed by atoms with E-state index < -0.39 is 10.0 Å². The van der Waals surface area contributed by atoms with Gasteiger partial charge >= 0.3 is 0 Å². The van der Waals surface area contributed by atoms with Crippen molar-refractivity contribution in [2.24, 2.45) is 0 Å². The molecule has 0 atom stereocenters. The summed E-state index contributed by atoms with van der Waals surface area (Å²) in [6.45, 7) is 7.28. The molecule has 0 heterocycles. The summed E-state index contributed by atoms with van der Waals surface area (Å²) in [5.74, 6) is 1.07. The summed E-state index contributed by atoms with van der Waals surface area (Å²) in [5, 5.41) is 2.86. The summed E-state index contributed by atoms with van der Waals surface area (Å²) in [7, 11) is -3.35. The van der Waals surface area contributed by atoms with Crippen LogP contribution in [0.4, 0.5) is 5.69 Å². The minimum Gasteiger partial charge on any atom is -0.490 e. The molecule has 0 spiro atoms. The molecule has 0 aliphatic rings. The van der Waals surface area contributed by atoms with Crippen LogP contribution >= 0.6 is 0 Å². The van der Waals surface area contributed by atoms with Crippen molar-refractivity contribution in [3.63, 3.8) is 0 Å². The minimum atomic E-state index is -3.35. The number of anilines is 1. The van der Waals surface area contributed by atoms with E-state index in [0.717, 1.165) is 11.8 Å². The first-order valence-electron chi connectivity index (χ1n) is 9.54. The van der Waals surface area contributed by atoms with Crippen LogP contribution in [0.2, 0.25) is 0 Å². The van der Waals surface area contributed by atoms with Crippen LogP contribution < -0.4 is 19.1 Å². The van der Waals surface area contributed by atoms with E-state index >= 15 is 0 Å². The van der Waals surface area contributed by atoms with Gasteiger partial charge < -0.3 is 14.8 Å². The van der Waals surface area contributed by atoms with Crippen molar-refractivity contribution in [3.8, 4) is 11.5 Å². The number of benzene rings is 2. The molecular formula is C21H28N2O5S. The topological polar surface area (TPSA) is 84.9 Å². The Morgan fingerprint density at radius 2 is 1.59 bits per heavy atom. The molecule has 1 N–H and O–H groups in total. The molecule has 0 aliphatic carbocycles. The number of rotatable bonds is 10. The normalized spacial score (nSPS) is 11.0.